The molecular formula is C19H24N2O4S. The van der Waals surface area contributed by atoms with E-state index in [0.717, 1.165) is 17.6 Å². The summed E-state index contributed by atoms with van der Waals surface area (Å²) in [7, 11) is -3.35. The van der Waals surface area contributed by atoms with Gasteiger partial charge in [0, 0.05) is 12.1 Å². The maximum atomic E-state index is 12.3. The molecule has 0 unspecified atom stereocenters. The fourth-order valence-corrected chi connectivity index (χ4v) is 3.03. The van der Waals surface area contributed by atoms with Crippen LogP contribution in [0.25, 0.3) is 0 Å². The van der Waals surface area contributed by atoms with E-state index in [1.54, 1.807) is 25.1 Å². The van der Waals surface area contributed by atoms with Crippen LogP contribution in [-0.4, -0.2) is 26.7 Å². The maximum absolute atomic E-state index is 12.3. The van der Waals surface area contributed by atoms with Crippen LogP contribution < -0.4 is 14.8 Å². The van der Waals surface area contributed by atoms with Crippen molar-refractivity contribution < 1.29 is 17.9 Å². The average molecular weight is 376 g/mol. The molecule has 26 heavy (non-hydrogen) atoms. The first-order valence-electron chi connectivity index (χ1n) is 8.26. The lowest BCUT2D eigenvalue weighted by molar-refractivity contribution is 0.0950. The summed E-state index contributed by atoms with van der Waals surface area (Å²) < 4.78 is 30.7. The Morgan fingerprint density at radius 2 is 1.88 bits per heavy atom. The Morgan fingerprint density at radius 1 is 1.15 bits per heavy atom. The topological polar surface area (TPSA) is 84.5 Å². The van der Waals surface area contributed by atoms with Crippen LogP contribution in [0.1, 0.15) is 35.3 Å². The summed E-state index contributed by atoms with van der Waals surface area (Å²) in [5.74, 6) is 0.535. The van der Waals surface area contributed by atoms with Gasteiger partial charge in [-0.05, 0) is 62.2 Å². The minimum absolute atomic E-state index is 0.0851. The van der Waals surface area contributed by atoms with Crippen LogP contribution in [-0.2, 0) is 16.6 Å². The average Bonchev–Trinajstić information content (AvgIpc) is 2.53. The highest BCUT2D eigenvalue weighted by atomic mass is 32.2. The molecular weight excluding hydrogens is 352 g/mol. The van der Waals surface area contributed by atoms with Gasteiger partial charge in [0.25, 0.3) is 5.91 Å². The highest BCUT2D eigenvalue weighted by Crippen LogP contribution is 2.18. The summed E-state index contributed by atoms with van der Waals surface area (Å²) >= 11 is 0. The molecule has 6 nitrogen and oxygen atoms in total. The number of aryl methyl sites for hydroxylation is 1. The molecule has 0 aliphatic carbocycles. The van der Waals surface area contributed by atoms with Gasteiger partial charge in [0.05, 0.1) is 18.0 Å². The van der Waals surface area contributed by atoms with Crippen LogP contribution in [0.5, 0.6) is 5.75 Å². The van der Waals surface area contributed by atoms with E-state index in [1.807, 2.05) is 38.1 Å². The molecule has 0 bridgehead atoms. The minimum atomic E-state index is -3.35. The smallest absolute Gasteiger partial charge is 0.251 e. The maximum Gasteiger partial charge on any atom is 0.251 e. The van der Waals surface area contributed by atoms with Gasteiger partial charge in [-0.3, -0.25) is 9.52 Å². The molecule has 0 heterocycles. The summed E-state index contributed by atoms with van der Waals surface area (Å²) in [4.78, 5) is 12.3. The van der Waals surface area contributed by atoms with Crippen LogP contribution >= 0.6 is 0 Å². The van der Waals surface area contributed by atoms with Crippen molar-refractivity contribution >= 4 is 21.6 Å². The Kier molecular flexibility index (Phi) is 6.26. The van der Waals surface area contributed by atoms with Gasteiger partial charge in [0.1, 0.15) is 5.75 Å². The van der Waals surface area contributed by atoms with E-state index in [1.165, 1.54) is 0 Å². The van der Waals surface area contributed by atoms with Crippen molar-refractivity contribution in [3.8, 4) is 5.75 Å². The zero-order chi connectivity index (χ0) is 19.3. The standard InChI is InChI=1S/C19H24N2O4S/c1-13(2)25-17-7-5-6-15(11-17)12-20-19(22)16-8-9-18(14(3)10-16)21-26(4,23)24/h5-11,13,21H,12H2,1-4H3,(H,20,22). The molecule has 2 aromatic rings. The molecule has 0 saturated heterocycles. The van der Waals surface area contributed by atoms with E-state index in [4.69, 9.17) is 4.74 Å². The quantitative estimate of drug-likeness (QED) is 0.778. The van der Waals surface area contributed by atoms with Crippen molar-refractivity contribution in [2.75, 3.05) is 11.0 Å². The van der Waals surface area contributed by atoms with Crippen LogP contribution in [0.3, 0.4) is 0 Å². The zero-order valence-electron chi connectivity index (χ0n) is 15.4. The second kappa shape index (κ2) is 8.23. The Morgan fingerprint density at radius 3 is 2.50 bits per heavy atom. The van der Waals surface area contributed by atoms with Crippen LogP contribution in [0, 0.1) is 6.92 Å². The summed E-state index contributed by atoms with van der Waals surface area (Å²) in [6, 6.07) is 12.4. The SMILES string of the molecule is Cc1cc(C(=O)NCc2cccc(OC(C)C)c2)ccc1NS(C)(=O)=O. The first kappa shape index (κ1) is 19.8. The molecule has 0 saturated carbocycles. The Bertz CT molecular complexity index is 892. The Hall–Kier alpha value is -2.54. The van der Waals surface area contributed by atoms with Crippen molar-refractivity contribution in [2.45, 2.75) is 33.4 Å². The number of sulfonamides is 1. The number of carbonyl (C=O) groups excluding carboxylic acids is 1. The molecule has 2 aromatic carbocycles. The monoisotopic (exact) mass is 376 g/mol. The predicted octanol–water partition coefficient (Wildman–Crippen LogP) is 3.08. The van der Waals surface area contributed by atoms with E-state index in [2.05, 4.69) is 10.0 Å². The van der Waals surface area contributed by atoms with Crippen LogP contribution in [0.2, 0.25) is 0 Å². The number of carbonyl (C=O) groups is 1. The summed E-state index contributed by atoms with van der Waals surface area (Å²) in [6.07, 6.45) is 1.17. The van der Waals surface area contributed by atoms with Crippen LogP contribution in [0.4, 0.5) is 5.69 Å². The Labute approximate surface area is 154 Å². The van der Waals surface area contributed by atoms with Gasteiger partial charge < -0.3 is 10.1 Å². The molecule has 2 rings (SSSR count). The summed E-state index contributed by atoms with van der Waals surface area (Å²) in [5.41, 5.74) is 2.54. The number of ether oxygens (including phenoxy) is 1. The molecule has 140 valence electrons. The Balaban J connectivity index is 2.03. The second-order valence-electron chi connectivity index (χ2n) is 6.40. The molecule has 1 amide bonds. The van der Waals surface area contributed by atoms with Gasteiger partial charge in [-0.2, -0.15) is 0 Å². The van der Waals surface area contributed by atoms with E-state index in [-0.39, 0.29) is 12.0 Å². The zero-order valence-corrected chi connectivity index (χ0v) is 16.2. The second-order valence-corrected chi connectivity index (χ2v) is 8.15. The van der Waals surface area contributed by atoms with E-state index >= 15 is 0 Å². The van der Waals surface area contributed by atoms with Gasteiger partial charge in [-0.25, -0.2) is 8.42 Å². The molecule has 7 heteroatoms. The van der Waals surface area contributed by atoms with Crippen LogP contribution in [0.15, 0.2) is 42.5 Å². The van der Waals surface area contributed by atoms with Gasteiger partial charge in [-0.1, -0.05) is 12.1 Å². The molecule has 0 aliphatic rings. The summed E-state index contributed by atoms with van der Waals surface area (Å²) in [6.45, 7) is 6.03. The summed E-state index contributed by atoms with van der Waals surface area (Å²) in [5, 5.41) is 2.86. The first-order chi connectivity index (χ1) is 12.1. The van der Waals surface area contributed by atoms with E-state index < -0.39 is 10.0 Å². The number of hydrogen-bond acceptors (Lipinski definition) is 4. The molecule has 0 radical (unpaired) electrons. The van der Waals surface area contributed by atoms with Crippen molar-refractivity contribution in [2.24, 2.45) is 0 Å². The normalized spacial score (nSPS) is 11.3. The van der Waals surface area contributed by atoms with E-state index in [9.17, 15) is 13.2 Å². The highest BCUT2D eigenvalue weighted by molar-refractivity contribution is 7.92. The van der Waals surface area contributed by atoms with Gasteiger partial charge in [0.2, 0.25) is 10.0 Å². The molecule has 0 atom stereocenters. The number of amides is 1. The number of rotatable bonds is 7. The third kappa shape index (κ3) is 6.07. The van der Waals surface area contributed by atoms with Crippen molar-refractivity contribution in [1.29, 1.82) is 0 Å². The fraction of sp³-hybridized carbons (Fsp3) is 0.316. The van der Waals surface area contributed by atoms with Crippen molar-refractivity contribution in [3.63, 3.8) is 0 Å². The molecule has 2 N–H and O–H groups in total. The third-order valence-electron chi connectivity index (χ3n) is 3.51. The lowest BCUT2D eigenvalue weighted by atomic mass is 10.1. The molecule has 0 aliphatic heterocycles. The largest absolute Gasteiger partial charge is 0.491 e. The lowest BCUT2D eigenvalue weighted by Gasteiger charge is -2.12. The van der Waals surface area contributed by atoms with Gasteiger partial charge in [0.15, 0.2) is 0 Å². The van der Waals surface area contributed by atoms with E-state index in [0.29, 0.717) is 23.4 Å². The van der Waals surface area contributed by atoms with Gasteiger partial charge >= 0.3 is 0 Å². The minimum Gasteiger partial charge on any atom is -0.491 e. The fourth-order valence-electron chi connectivity index (χ4n) is 2.40. The number of anilines is 1. The van der Waals surface area contributed by atoms with Gasteiger partial charge in [-0.15, -0.1) is 0 Å². The lowest BCUT2D eigenvalue weighted by Crippen LogP contribution is -2.23. The molecule has 0 spiro atoms. The molecule has 0 fully saturated rings. The highest BCUT2D eigenvalue weighted by Gasteiger charge is 2.10. The molecule has 0 aromatic heterocycles. The van der Waals surface area contributed by atoms with Crippen molar-refractivity contribution in [1.82, 2.24) is 5.32 Å². The number of hydrogen-bond donors (Lipinski definition) is 2. The number of nitrogens with one attached hydrogen (secondary N) is 2. The predicted molar refractivity (Wildman–Crippen MR) is 103 cm³/mol. The number of benzene rings is 2. The van der Waals surface area contributed by atoms with Crippen molar-refractivity contribution in [3.05, 3.63) is 59.2 Å². The first-order valence-corrected chi connectivity index (χ1v) is 10.2. The third-order valence-corrected chi connectivity index (χ3v) is 4.10.